The summed E-state index contributed by atoms with van der Waals surface area (Å²) < 4.78 is 5.24. The number of nitro groups is 1. The van der Waals surface area contributed by atoms with Crippen LogP contribution in [0.15, 0.2) is 41.5 Å². The van der Waals surface area contributed by atoms with Gasteiger partial charge in [-0.15, -0.1) is 0 Å². The number of nitro benzene ring substituents is 1. The Kier molecular flexibility index (Phi) is 6.58. The van der Waals surface area contributed by atoms with Crippen molar-refractivity contribution < 1.29 is 14.5 Å². The van der Waals surface area contributed by atoms with Crippen molar-refractivity contribution in [1.29, 1.82) is 0 Å². The van der Waals surface area contributed by atoms with Gasteiger partial charge in [0.2, 0.25) is 0 Å². The van der Waals surface area contributed by atoms with Crippen LogP contribution in [0.1, 0.15) is 5.56 Å². The van der Waals surface area contributed by atoms with Gasteiger partial charge in [-0.25, -0.2) is 5.43 Å². The van der Waals surface area contributed by atoms with Crippen molar-refractivity contribution in [3.8, 4) is 5.75 Å². The molecule has 1 amide bonds. The minimum atomic E-state index is -0.527. The maximum atomic E-state index is 11.7. The summed E-state index contributed by atoms with van der Waals surface area (Å²) in [6.45, 7) is -0.338. The lowest BCUT2D eigenvalue weighted by atomic mass is 10.2. The SMILES string of the molecule is O=C(COc1cc(Cl)c(Cl)cc1Cl)N/N=C/c1ccc([N+](=O)[O-])cc1. The van der Waals surface area contributed by atoms with Gasteiger partial charge in [0.05, 0.1) is 26.2 Å². The monoisotopic (exact) mass is 401 g/mol. The van der Waals surface area contributed by atoms with E-state index in [0.717, 1.165) is 0 Å². The van der Waals surface area contributed by atoms with Gasteiger partial charge in [0.25, 0.3) is 11.6 Å². The Morgan fingerprint density at radius 3 is 2.44 bits per heavy atom. The lowest BCUT2D eigenvalue weighted by molar-refractivity contribution is -0.384. The highest BCUT2D eigenvalue weighted by atomic mass is 35.5. The first-order valence-electron chi connectivity index (χ1n) is 6.70. The number of hydrogen-bond donors (Lipinski definition) is 1. The van der Waals surface area contributed by atoms with E-state index < -0.39 is 10.8 Å². The molecule has 0 radical (unpaired) electrons. The third-order valence-electron chi connectivity index (χ3n) is 2.84. The molecule has 10 heteroatoms. The van der Waals surface area contributed by atoms with Crippen molar-refractivity contribution in [2.24, 2.45) is 5.10 Å². The Bertz CT molecular complexity index is 826. The van der Waals surface area contributed by atoms with Crippen molar-refractivity contribution in [2.45, 2.75) is 0 Å². The number of hydrogen-bond acceptors (Lipinski definition) is 5. The van der Waals surface area contributed by atoms with Crippen molar-refractivity contribution in [1.82, 2.24) is 5.43 Å². The van der Waals surface area contributed by atoms with Crippen LogP contribution < -0.4 is 10.2 Å². The number of carbonyl (C=O) groups is 1. The number of rotatable bonds is 6. The molecule has 0 atom stereocenters. The highest BCUT2D eigenvalue weighted by Crippen LogP contribution is 2.33. The molecule has 0 unspecified atom stereocenters. The lowest BCUT2D eigenvalue weighted by Gasteiger charge is -2.08. The number of benzene rings is 2. The molecule has 0 aliphatic heterocycles. The maximum Gasteiger partial charge on any atom is 0.277 e. The summed E-state index contributed by atoms with van der Waals surface area (Å²) in [5.74, 6) is -0.314. The minimum Gasteiger partial charge on any atom is -0.482 e. The van der Waals surface area contributed by atoms with Crippen LogP contribution in [0, 0.1) is 10.1 Å². The minimum absolute atomic E-state index is 0.0342. The zero-order chi connectivity index (χ0) is 18.4. The van der Waals surface area contributed by atoms with E-state index in [1.54, 1.807) is 0 Å². The van der Waals surface area contributed by atoms with Gasteiger partial charge in [0.15, 0.2) is 6.61 Å². The Labute approximate surface area is 157 Å². The molecule has 0 spiro atoms. The number of amides is 1. The first-order valence-corrected chi connectivity index (χ1v) is 7.84. The number of carbonyl (C=O) groups excluding carboxylic acids is 1. The van der Waals surface area contributed by atoms with Gasteiger partial charge in [-0.1, -0.05) is 34.8 Å². The molecule has 2 aromatic rings. The second kappa shape index (κ2) is 8.66. The standard InChI is InChI=1S/C15H10Cl3N3O4/c16-11-5-13(18)14(6-12(11)17)25-8-15(22)20-19-7-9-1-3-10(4-2-9)21(23)24/h1-7H,8H2,(H,20,22)/b19-7+. The second-order valence-corrected chi connectivity index (χ2v) is 5.85. The number of nitrogens with one attached hydrogen (secondary N) is 1. The van der Waals surface area contributed by atoms with Crippen LogP contribution in [0.4, 0.5) is 5.69 Å². The summed E-state index contributed by atoms with van der Waals surface area (Å²) >= 11 is 17.6. The van der Waals surface area contributed by atoms with Crippen molar-refractivity contribution >= 4 is 52.6 Å². The van der Waals surface area contributed by atoms with Crippen molar-refractivity contribution in [2.75, 3.05) is 6.61 Å². The Hall–Kier alpha value is -2.35. The van der Waals surface area contributed by atoms with E-state index in [4.69, 9.17) is 39.5 Å². The van der Waals surface area contributed by atoms with Gasteiger partial charge in [-0.05, 0) is 23.8 Å². The molecule has 0 saturated heterocycles. The van der Waals surface area contributed by atoms with E-state index >= 15 is 0 Å². The maximum absolute atomic E-state index is 11.7. The van der Waals surface area contributed by atoms with E-state index in [2.05, 4.69) is 10.5 Å². The normalized spacial score (nSPS) is 10.7. The molecule has 0 aliphatic rings. The van der Waals surface area contributed by atoms with Crippen LogP contribution >= 0.6 is 34.8 Å². The number of halogens is 3. The molecular formula is C15H10Cl3N3O4. The highest BCUT2D eigenvalue weighted by molar-refractivity contribution is 6.43. The van der Waals surface area contributed by atoms with E-state index in [1.165, 1.54) is 42.6 Å². The Morgan fingerprint density at radius 1 is 1.16 bits per heavy atom. The first-order chi connectivity index (χ1) is 11.9. The molecule has 25 heavy (non-hydrogen) atoms. The second-order valence-electron chi connectivity index (χ2n) is 4.63. The van der Waals surface area contributed by atoms with E-state index in [9.17, 15) is 14.9 Å². The fourth-order valence-electron chi connectivity index (χ4n) is 1.65. The summed E-state index contributed by atoms with van der Waals surface area (Å²) in [6, 6.07) is 8.47. The van der Waals surface area contributed by atoms with E-state index in [-0.39, 0.29) is 33.1 Å². The van der Waals surface area contributed by atoms with Crippen LogP contribution in [0.2, 0.25) is 15.1 Å². The van der Waals surface area contributed by atoms with Crippen LogP contribution in [-0.2, 0) is 4.79 Å². The summed E-state index contributed by atoms with van der Waals surface area (Å²) in [7, 11) is 0. The smallest absolute Gasteiger partial charge is 0.277 e. The summed E-state index contributed by atoms with van der Waals surface area (Å²) in [4.78, 5) is 21.7. The number of nitrogens with zero attached hydrogens (tertiary/aromatic N) is 2. The zero-order valence-corrected chi connectivity index (χ0v) is 14.7. The number of hydrazone groups is 1. The highest BCUT2D eigenvalue weighted by Gasteiger charge is 2.09. The molecule has 130 valence electrons. The molecule has 7 nitrogen and oxygen atoms in total. The van der Waals surface area contributed by atoms with Gasteiger partial charge in [-0.2, -0.15) is 5.10 Å². The molecule has 0 aromatic heterocycles. The predicted molar refractivity (Wildman–Crippen MR) is 95.8 cm³/mol. The van der Waals surface area contributed by atoms with Crippen LogP contribution in [0.3, 0.4) is 0 Å². The Balaban J connectivity index is 1.86. The molecule has 0 bridgehead atoms. The molecule has 0 heterocycles. The molecule has 0 saturated carbocycles. The van der Waals surface area contributed by atoms with Crippen molar-refractivity contribution in [3.05, 3.63) is 67.1 Å². The fourth-order valence-corrected chi connectivity index (χ4v) is 2.24. The molecule has 2 rings (SSSR count). The summed E-state index contributed by atoms with van der Waals surface area (Å²) in [5.41, 5.74) is 2.80. The molecular weight excluding hydrogens is 393 g/mol. The van der Waals surface area contributed by atoms with Gasteiger partial charge >= 0.3 is 0 Å². The molecule has 1 N–H and O–H groups in total. The van der Waals surface area contributed by atoms with E-state index in [1.807, 2.05) is 0 Å². The first kappa shape index (κ1) is 19.0. The van der Waals surface area contributed by atoms with Gasteiger partial charge in [0, 0.05) is 18.2 Å². The lowest BCUT2D eigenvalue weighted by Crippen LogP contribution is -2.24. The Morgan fingerprint density at radius 2 is 1.80 bits per heavy atom. The third-order valence-corrected chi connectivity index (χ3v) is 3.86. The van der Waals surface area contributed by atoms with Gasteiger partial charge in [0.1, 0.15) is 5.75 Å². The van der Waals surface area contributed by atoms with Gasteiger partial charge in [-0.3, -0.25) is 14.9 Å². The molecule has 2 aromatic carbocycles. The topological polar surface area (TPSA) is 93.8 Å². The summed E-state index contributed by atoms with van der Waals surface area (Å²) in [6.07, 6.45) is 1.34. The van der Waals surface area contributed by atoms with Crippen molar-refractivity contribution in [3.63, 3.8) is 0 Å². The average molecular weight is 403 g/mol. The van der Waals surface area contributed by atoms with Crippen LogP contribution in [-0.4, -0.2) is 23.7 Å². The quantitative estimate of drug-likeness (QED) is 0.341. The average Bonchev–Trinajstić information content (AvgIpc) is 2.57. The fraction of sp³-hybridized carbons (Fsp3) is 0.0667. The van der Waals surface area contributed by atoms with Crippen LogP contribution in [0.5, 0.6) is 5.75 Å². The molecule has 0 aliphatic carbocycles. The van der Waals surface area contributed by atoms with E-state index in [0.29, 0.717) is 5.56 Å². The predicted octanol–water partition coefficient (Wildman–Crippen LogP) is 4.08. The number of non-ortho nitro benzene ring substituents is 1. The molecule has 0 fully saturated rings. The summed E-state index contributed by atoms with van der Waals surface area (Å²) in [5, 5.41) is 15.0. The largest absolute Gasteiger partial charge is 0.482 e. The van der Waals surface area contributed by atoms with Gasteiger partial charge < -0.3 is 4.74 Å². The zero-order valence-electron chi connectivity index (χ0n) is 12.4. The number of ether oxygens (including phenoxy) is 1. The van der Waals surface area contributed by atoms with Crippen LogP contribution in [0.25, 0.3) is 0 Å². The third kappa shape index (κ3) is 5.60.